The average Bonchev–Trinajstić information content (AvgIpc) is 2.32. The fraction of sp³-hybridized carbons (Fsp3) is 0.643. The Balaban J connectivity index is 2.50. The number of ketones is 1. The second-order valence-electron chi connectivity index (χ2n) is 4.84. The fourth-order valence-corrected chi connectivity index (χ4v) is 2.34. The van der Waals surface area contributed by atoms with E-state index in [1.165, 1.54) is 0 Å². The first-order valence-corrected chi connectivity index (χ1v) is 6.32. The van der Waals surface area contributed by atoms with Crippen LogP contribution in [0.15, 0.2) is 12.2 Å². The molecule has 1 rings (SSSR count). The Hall–Kier alpha value is -1.25. The molecule has 3 heteroatoms. The van der Waals surface area contributed by atoms with Crippen molar-refractivity contribution in [2.24, 2.45) is 5.41 Å². The molecule has 0 spiro atoms. The minimum atomic E-state index is -0.368. The number of hydrogen-bond acceptors (Lipinski definition) is 3. The second kappa shape index (κ2) is 7.15. The largest absolute Gasteiger partial charge is 0.303 e. The Labute approximate surface area is 102 Å². The number of aldehydes is 2. The minimum absolute atomic E-state index is 0.267. The summed E-state index contributed by atoms with van der Waals surface area (Å²) in [5.41, 5.74) is -0.305. The predicted octanol–water partition coefficient (Wildman–Crippen LogP) is 2.63. The van der Waals surface area contributed by atoms with E-state index < -0.39 is 0 Å². The molecule has 0 aromatic rings. The van der Waals surface area contributed by atoms with Gasteiger partial charge < -0.3 is 4.79 Å². The van der Waals surface area contributed by atoms with Crippen LogP contribution in [0.1, 0.15) is 51.4 Å². The molecule has 0 radical (unpaired) electrons. The van der Waals surface area contributed by atoms with Crippen molar-refractivity contribution < 1.29 is 14.4 Å². The number of hydrogen-bond donors (Lipinski definition) is 0. The van der Waals surface area contributed by atoms with Crippen molar-refractivity contribution >= 4 is 18.4 Å². The Morgan fingerprint density at radius 3 is 2.76 bits per heavy atom. The monoisotopic (exact) mass is 236 g/mol. The summed E-state index contributed by atoms with van der Waals surface area (Å²) in [6.07, 6.45) is 12.2. The fourth-order valence-electron chi connectivity index (χ4n) is 2.34. The molecule has 1 aliphatic rings. The van der Waals surface area contributed by atoms with Gasteiger partial charge >= 0.3 is 0 Å². The third-order valence-electron chi connectivity index (χ3n) is 3.47. The van der Waals surface area contributed by atoms with E-state index in [1.807, 2.05) is 0 Å². The Morgan fingerprint density at radius 1 is 1.24 bits per heavy atom. The predicted molar refractivity (Wildman–Crippen MR) is 65.6 cm³/mol. The Morgan fingerprint density at radius 2 is 2.06 bits per heavy atom. The molecule has 1 aliphatic carbocycles. The van der Waals surface area contributed by atoms with E-state index in [2.05, 4.69) is 12.2 Å². The van der Waals surface area contributed by atoms with Crippen molar-refractivity contribution in [3.63, 3.8) is 0 Å². The first-order valence-electron chi connectivity index (χ1n) is 6.32. The minimum Gasteiger partial charge on any atom is -0.303 e. The van der Waals surface area contributed by atoms with Crippen LogP contribution in [0, 0.1) is 5.41 Å². The van der Waals surface area contributed by atoms with E-state index in [4.69, 9.17) is 0 Å². The lowest BCUT2D eigenvalue weighted by molar-refractivity contribution is -0.130. The van der Waals surface area contributed by atoms with Crippen LogP contribution in [0.2, 0.25) is 0 Å². The summed E-state index contributed by atoms with van der Waals surface area (Å²) in [5.74, 6) is -0.368. The van der Waals surface area contributed by atoms with E-state index in [0.717, 1.165) is 38.4 Å². The topological polar surface area (TPSA) is 51.2 Å². The van der Waals surface area contributed by atoms with Crippen LogP contribution >= 0.6 is 0 Å². The van der Waals surface area contributed by atoms with Crippen LogP contribution in [-0.4, -0.2) is 18.4 Å². The first-order chi connectivity index (χ1) is 8.22. The van der Waals surface area contributed by atoms with Gasteiger partial charge in [0, 0.05) is 11.8 Å². The highest BCUT2D eigenvalue weighted by Gasteiger charge is 2.28. The second-order valence-corrected chi connectivity index (χ2v) is 4.84. The molecule has 1 atom stereocenters. The lowest BCUT2D eigenvalue weighted by Crippen LogP contribution is -2.23. The summed E-state index contributed by atoms with van der Waals surface area (Å²) in [6, 6.07) is 0. The zero-order valence-electron chi connectivity index (χ0n) is 10.2. The molecule has 0 heterocycles. The van der Waals surface area contributed by atoms with Gasteiger partial charge in [0.1, 0.15) is 6.29 Å². The number of allylic oxidation sites excluding steroid dienone is 2. The van der Waals surface area contributed by atoms with E-state index in [1.54, 1.807) is 0 Å². The lowest BCUT2D eigenvalue weighted by atomic mass is 9.75. The molecule has 0 saturated carbocycles. The van der Waals surface area contributed by atoms with E-state index in [-0.39, 0.29) is 17.6 Å². The average molecular weight is 236 g/mol. The molecular formula is C14H20O3. The third-order valence-corrected chi connectivity index (χ3v) is 3.47. The van der Waals surface area contributed by atoms with Gasteiger partial charge in [0.05, 0.1) is 0 Å². The van der Waals surface area contributed by atoms with Gasteiger partial charge in [-0.15, -0.1) is 0 Å². The quantitative estimate of drug-likeness (QED) is 0.404. The number of carbonyl (C=O) groups excluding carboxylic acids is 3. The summed E-state index contributed by atoms with van der Waals surface area (Å²) < 4.78 is 0. The SMILES string of the molecule is O=CC(=O)CCCC1(C=O)C/C=C\CCCC1. The van der Waals surface area contributed by atoms with E-state index >= 15 is 0 Å². The molecule has 0 bridgehead atoms. The van der Waals surface area contributed by atoms with E-state index in [9.17, 15) is 14.4 Å². The van der Waals surface area contributed by atoms with Crippen LogP contribution in [-0.2, 0) is 14.4 Å². The zero-order chi connectivity index (χ0) is 12.6. The molecule has 0 aromatic carbocycles. The number of Topliss-reactive ketones (excluding diaryl/α,β-unsaturated/α-hetero) is 1. The number of rotatable bonds is 6. The number of carbonyl (C=O) groups is 3. The maximum Gasteiger partial charge on any atom is 0.195 e. The lowest BCUT2D eigenvalue weighted by Gasteiger charge is -2.27. The maximum atomic E-state index is 11.3. The molecule has 0 aliphatic heterocycles. The molecule has 0 saturated heterocycles. The van der Waals surface area contributed by atoms with Crippen molar-refractivity contribution in [3.8, 4) is 0 Å². The summed E-state index contributed by atoms with van der Waals surface area (Å²) in [7, 11) is 0. The van der Waals surface area contributed by atoms with Gasteiger partial charge in [0.15, 0.2) is 12.1 Å². The van der Waals surface area contributed by atoms with Crippen LogP contribution in [0.25, 0.3) is 0 Å². The van der Waals surface area contributed by atoms with E-state index in [0.29, 0.717) is 19.1 Å². The van der Waals surface area contributed by atoms with Crippen LogP contribution in [0.4, 0.5) is 0 Å². The van der Waals surface area contributed by atoms with Crippen LogP contribution in [0.3, 0.4) is 0 Å². The smallest absolute Gasteiger partial charge is 0.195 e. The van der Waals surface area contributed by atoms with Crippen LogP contribution in [0.5, 0.6) is 0 Å². The molecule has 17 heavy (non-hydrogen) atoms. The van der Waals surface area contributed by atoms with Crippen molar-refractivity contribution in [2.45, 2.75) is 51.4 Å². The van der Waals surface area contributed by atoms with Crippen molar-refractivity contribution in [1.29, 1.82) is 0 Å². The van der Waals surface area contributed by atoms with Gasteiger partial charge in [-0.2, -0.15) is 0 Å². The Kier molecular flexibility index (Phi) is 5.81. The molecule has 0 N–H and O–H groups in total. The normalized spacial score (nSPS) is 26.6. The van der Waals surface area contributed by atoms with Gasteiger partial charge in [0.25, 0.3) is 0 Å². The molecule has 94 valence electrons. The summed E-state index contributed by atoms with van der Waals surface area (Å²) in [5, 5.41) is 0. The maximum absolute atomic E-state index is 11.3. The molecular weight excluding hydrogens is 216 g/mol. The molecule has 0 fully saturated rings. The standard InChI is InChI=1S/C14H20O3/c15-11-13(17)7-6-10-14(12-16)8-4-2-1-3-5-9-14/h2,4,11-12H,1,3,5-10H2/b4-2-. The first kappa shape index (κ1) is 13.8. The highest BCUT2D eigenvalue weighted by molar-refractivity contribution is 6.24. The molecule has 0 amide bonds. The summed E-state index contributed by atoms with van der Waals surface area (Å²) in [4.78, 5) is 32.4. The Bertz CT molecular complexity index is 307. The van der Waals surface area contributed by atoms with Crippen LogP contribution < -0.4 is 0 Å². The van der Waals surface area contributed by atoms with Crippen molar-refractivity contribution in [2.75, 3.05) is 0 Å². The van der Waals surface area contributed by atoms with Gasteiger partial charge in [-0.25, -0.2) is 0 Å². The zero-order valence-corrected chi connectivity index (χ0v) is 10.2. The van der Waals surface area contributed by atoms with Gasteiger partial charge in [-0.3, -0.25) is 9.59 Å². The highest BCUT2D eigenvalue weighted by atomic mass is 16.2. The van der Waals surface area contributed by atoms with Gasteiger partial charge in [0.2, 0.25) is 0 Å². The highest BCUT2D eigenvalue weighted by Crippen LogP contribution is 2.34. The molecule has 0 aromatic heterocycles. The van der Waals surface area contributed by atoms with Crippen molar-refractivity contribution in [3.05, 3.63) is 12.2 Å². The third kappa shape index (κ3) is 4.63. The van der Waals surface area contributed by atoms with Gasteiger partial charge in [-0.05, 0) is 38.5 Å². The molecule has 3 nitrogen and oxygen atoms in total. The van der Waals surface area contributed by atoms with Gasteiger partial charge in [-0.1, -0.05) is 18.6 Å². The summed E-state index contributed by atoms with van der Waals surface area (Å²) in [6.45, 7) is 0. The summed E-state index contributed by atoms with van der Waals surface area (Å²) >= 11 is 0. The molecule has 1 unspecified atom stereocenters. The van der Waals surface area contributed by atoms with Crippen molar-refractivity contribution in [1.82, 2.24) is 0 Å².